The van der Waals surface area contributed by atoms with E-state index in [4.69, 9.17) is 28.4 Å². The number of ether oxygens (including phenoxy) is 6. The number of carbonyl (C=O) groups excluding carboxylic acids is 6. The molecule has 0 aromatic heterocycles. The van der Waals surface area contributed by atoms with Gasteiger partial charge in [-0.2, -0.15) is 0 Å². The smallest absolute Gasteiger partial charge is 0.347 e. The highest BCUT2D eigenvalue weighted by Gasteiger charge is 2.25. The van der Waals surface area contributed by atoms with Crippen molar-refractivity contribution in [2.75, 3.05) is 13.2 Å². The van der Waals surface area contributed by atoms with Crippen molar-refractivity contribution in [3.8, 4) is 0 Å². The van der Waals surface area contributed by atoms with Gasteiger partial charge in [0, 0.05) is 32.1 Å². The molecule has 14 nitrogen and oxygen atoms in total. The minimum Gasteiger partial charge on any atom is -0.466 e. The summed E-state index contributed by atoms with van der Waals surface area (Å²) in [5.41, 5.74) is 0. The van der Waals surface area contributed by atoms with Crippen LogP contribution in [0.2, 0.25) is 0 Å². The Labute approximate surface area is 384 Å². The number of allylic oxidation sites excluding steroid dienone is 2. The van der Waals surface area contributed by atoms with Gasteiger partial charge in [-0.3, -0.25) is 9.59 Å². The van der Waals surface area contributed by atoms with Crippen molar-refractivity contribution in [2.24, 2.45) is 0 Å². The summed E-state index contributed by atoms with van der Waals surface area (Å²) in [7, 11) is 0. The van der Waals surface area contributed by atoms with Crippen molar-refractivity contribution < 1.29 is 67.4 Å². The SMILES string of the molecule is CCCCCCC(C/C=C\CCCCCCCC(=O)OCCCOC(=O)CCCCCCC/C=C\CC(CCCCC)OC(=O)C(C)OC(=O)C(C)O)OC(=O)C(C)OC(=O)C(C)O. The number of aliphatic hydroxyl groups excluding tert-OH is 2. The third kappa shape index (κ3) is 35.6. The van der Waals surface area contributed by atoms with Crippen molar-refractivity contribution in [2.45, 2.75) is 245 Å². The van der Waals surface area contributed by atoms with Gasteiger partial charge in [0.1, 0.15) is 24.4 Å². The van der Waals surface area contributed by atoms with Crippen LogP contribution in [0.3, 0.4) is 0 Å². The van der Waals surface area contributed by atoms with E-state index in [1.165, 1.54) is 27.7 Å². The van der Waals surface area contributed by atoms with Gasteiger partial charge < -0.3 is 38.6 Å². The number of hydrogen-bond acceptors (Lipinski definition) is 14. The highest BCUT2D eigenvalue weighted by Crippen LogP contribution is 2.17. The van der Waals surface area contributed by atoms with Crippen LogP contribution in [0, 0.1) is 0 Å². The van der Waals surface area contributed by atoms with Gasteiger partial charge >= 0.3 is 35.8 Å². The van der Waals surface area contributed by atoms with E-state index in [9.17, 15) is 39.0 Å². The molecule has 0 spiro atoms. The number of unbranched alkanes of at least 4 members (excludes halogenated alkanes) is 15. The average molecular weight is 911 g/mol. The molecule has 0 bridgehead atoms. The Morgan fingerprint density at radius 3 is 1.19 bits per heavy atom. The number of rotatable bonds is 41. The lowest BCUT2D eigenvalue weighted by Gasteiger charge is -2.20. The lowest BCUT2D eigenvalue weighted by atomic mass is 10.1. The molecule has 0 heterocycles. The molecule has 6 atom stereocenters. The summed E-state index contributed by atoms with van der Waals surface area (Å²) in [6.45, 7) is 10.2. The van der Waals surface area contributed by atoms with Crippen molar-refractivity contribution >= 4 is 35.8 Å². The Balaban J connectivity index is 4.01. The Morgan fingerprint density at radius 2 is 0.781 bits per heavy atom. The average Bonchev–Trinajstić information content (AvgIpc) is 3.25. The van der Waals surface area contributed by atoms with E-state index >= 15 is 0 Å². The van der Waals surface area contributed by atoms with E-state index < -0.39 is 48.3 Å². The highest BCUT2D eigenvalue weighted by atomic mass is 16.6. The van der Waals surface area contributed by atoms with Crippen LogP contribution in [0.4, 0.5) is 0 Å². The van der Waals surface area contributed by atoms with Crippen LogP contribution in [0.15, 0.2) is 24.3 Å². The largest absolute Gasteiger partial charge is 0.466 e. The van der Waals surface area contributed by atoms with E-state index in [-0.39, 0.29) is 37.4 Å². The lowest BCUT2D eigenvalue weighted by molar-refractivity contribution is -0.174. The Bertz CT molecular complexity index is 1310. The minimum atomic E-state index is -1.30. The van der Waals surface area contributed by atoms with Gasteiger partial charge in [0.15, 0.2) is 12.2 Å². The van der Waals surface area contributed by atoms with Gasteiger partial charge in [-0.25, -0.2) is 19.2 Å². The summed E-state index contributed by atoms with van der Waals surface area (Å²) in [6.07, 6.45) is 25.4. The molecule has 0 saturated heterocycles. The second-order valence-corrected chi connectivity index (χ2v) is 16.8. The summed E-state index contributed by atoms with van der Waals surface area (Å²) in [4.78, 5) is 72.3. The highest BCUT2D eigenvalue weighted by molar-refractivity contribution is 5.81. The van der Waals surface area contributed by atoms with Gasteiger partial charge in [0.2, 0.25) is 0 Å². The Hall–Kier alpha value is -3.78. The Kier molecular flexibility index (Phi) is 38.3. The van der Waals surface area contributed by atoms with Gasteiger partial charge in [-0.05, 0) is 91.9 Å². The van der Waals surface area contributed by atoms with Crippen molar-refractivity contribution in [1.29, 1.82) is 0 Å². The quantitative estimate of drug-likeness (QED) is 0.0254. The molecule has 0 fully saturated rings. The molecule has 0 aliphatic heterocycles. The first-order chi connectivity index (χ1) is 30.7. The number of hydrogen-bond donors (Lipinski definition) is 2. The molecule has 0 aliphatic rings. The zero-order chi connectivity index (χ0) is 47.8. The predicted molar refractivity (Wildman–Crippen MR) is 246 cm³/mol. The molecule has 6 unspecified atom stereocenters. The van der Waals surface area contributed by atoms with Crippen LogP contribution < -0.4 is 0 Å². The fraction of sp³-hybridized carbons (Fsp3) is 0.800. The predicted octanol–water partition coefficient (Wildman–Crippen LogP) is 9.82. The maximum Gasteiger partial charge on any atom is 0.347 e. The van der Waals surface area contributed by atoms with E-state index in [2.05, 4.69) is 26.0 Å². The minimum absolute atomic E-state index is 0.229. The molecule has 0 radical (unpaired) electrons. The summed E-state index contributed by atoms with van der Waals surface area (Å²) < 4.78 is 31.8. The first kappa shape index (κ1) is 60.2. The summed E-state index contributed by atoms with van der Waals surface area (Å²) in [6, 6.07) is 0. The fourth-order valence-electron chi connectivity index (χ4n) is 6.46. The zero-order valence-electron chi connectivity index (χ0n) is 40.4. The molecular weight excluding hydrogens is 825 g/mol. The molecule has 370 valence electrons. The molecule has 14 heteroatoms. The topological polar surface area (TPSA) is 198 Å². The number of esters is 6. The molecule has 0 aromatic rings. The van der Waals surface area contributed by atoms with Crippen LogP contribution in [0.25, 0.3) is 0 Å². The Morgan fingerprint density at radius 1 is 0.422 bits per heavy atom. The number of aliphatic hydroxyl groups is 2. The van der Waals surface area contributed by atoms with Gasteiger partial charge in [-0.1, -0.05) is 109 Å². The van der Waals surface area contributed by atoms with E-state index in [0.29, 0.717) is 32.1 Å². The maximum absolute atomic E-state index is 12.5. The molecule has 0 aromatic carbocycles. The van der Waals surface area contributed by atoms with E-state index in [1.54, 1.807) is 0 Å². The second-order valence-electron chi connectivity index (χ2n) is 16.8. The number of carbonyl (C=O) groups is 6. The summed E-state index contributed by atoms with van der Waals surface area (Å²) in [5.74, 6) is -3.40. The van der Waals surface area contributed by atoms with Gasteiger partial charge in [-0.15, -0.1) is 0 Å². The molecule has 64 heavy (non-hydrogen) atoms. The van der Waals surface area contributed by atoms with Gasteiger partial charge in [0.05, 0.1) is 13.2 Å². The molecular formula is C50H86O14. The zero-order valence-corrected chi connectivity index (χ0v) is 40.4. The summed E-state index contributed by atoms with van der Waals surface area (Å²) in [5, 5.41) is 18.7. The second kappa shape index (κ2) is 40.7. The third-order valence-corrected chi connectivity index (χ3v) is 10.5. The fourth-order valence-corrected chi connectivity index (χ4v) is 6.46. The standard InChI is InChI=1S/C50H86O14/c1-7-9-11-25-32-44(64-50(58)42(6)62-48(56)40(4)52)34-27-21-17-13-15-19-23-29-36-46(54)60-38-30-37-59-45(53)35-28-22-18-14-12-16-20-26-33-43(31-24-10-8-2)63-49(57)41(5)61-47(55)39(3)51/h20-21,26-27,39-44,51-52H,7-19,22-25,28-38H2,1-6H3/b26-20-,27-21-. The van der Waals surface area contributed by atoms with Crippen molar-refractivity contribution in [3.05, 3.63) is 24.3 Å². The van der Waals surface area contributed by atoms with Crippen LogP contribution in [0.5, 0.6) is 0 Å². The molecule has 2 N–H and O–H groups in total. The molecule has 0 amide bonds. The van der Waals surface area contributed by atoms with Crippen LogP contribution in [-0.4, -0.2) is 95.9 Å². The summed E-state index contributed by atoms with van der Waals surface area (Å²) >= 11 is 0. The first-order valence-electron chi connectivity index (χ1n) is 24.5. The third-order valence-electron chi connectivity index (χ3n) is 10.5. The van der Waals surface area contributed by atoms with E-state index in [0.717, 1.165) is 135 Å². The van der Waals surface area contributed by atoms with Crippen molar-refractivity contribution in [3.63, 3.8) is 0 Å². The molecule has 0 rings (SSSR count). The lowest BCUT2D eigenvalue weighted by Crippen LogP contribution is -2.33. The van der Waals surface area contributed by atoms with Crippen LogP contribution in [-0.2, 0) is 57.2 Å². The van der Waals surface area contributed by atoms with Crippen LogP contribution in [0.1, 0.15) is 208 Å². The van der Waals surface area contributed by atoms with E-state index in [1.807, 2.05) is 12.2 Å². The molecule has 0 saturated carbocycles. The monoisotopic (exact) mass is 911 g/mol. The molecule has 0 aliphatic carbocycles. The van der Waals surface area contributed by atoms with Gasteiger partial charge in [0.25, 0.3) is 0 Å². The van der Waals surface area contributed by atoms with Crippen LogP contribution >= 0.6 is 0 Å². The normalized spacial score (nSPS) is 14.3. The first-order valence-corrected chi connectivity index (χ1v) is 24.5. The van der Waals surface area contributed by atoms with Crippen molar-refractivity contribution in [1.82, 2.24) is 0 Å². The maximum atomic E-state index is 12.5.